The normalized spacial score (nSPS) is 14.5. The molecule has 0 fully saturated rings. The van der Waals surface area contributed by atoms with Gasteiger partial charge in [0.1, 0.15) is 5.78 Å². The van der Waals surface area contributed by atoms with Crippen molar-refractivity contribution in [1.29, 1.82) is 0 Å². The van der Waals surface area contributed by atoms with E-state index in [0.717, 1.165) is 6.67 Å². The quantitative estimate of drug-likeness (QED) is 0.580. The van der Waals surface area contributed by atoms with Crippen LogP contribution in [0.2, 0.25) is 0 Å². The summed E-state index contributed by atoms with van der Waals surface area (Å²) in [5.74, 6) is 0.167. The Kier molecular flexibility index (Phi) is 4.94. The third-order valence-corrected chi connectivity index (χ3v) is 1.30. The highest BCUT2D eigenvalue weighted by Gasteiger charge is 2.01. The average molecular weight is 221 g/mol. The molecule has 1 aliphatic rings. The molecule has 4 heteroatoms. The molecule has 0 spiro atoms. The van der Waals surface area contributed by atoms with Gasteiger partial charge in [-0.15, -0.1) is 0 Å². The van der Waals surface area contributed by atoms with E-state index < -0.39 is 0 Å². The highest BCUT2D eigenvalue weighted by atomic mass is 79.9. The van der Waals surface area contributed by atoms with Gasteiger partial charge in [0.05, 0.1) is 22.8 Å². The fourth-order valence-electron chi connectivity index (χ4n) is 0.494. The van der Waals surface area contributed by atoms with E-state index in [1.54, 1.807) is 0 Å². The fraction of sp³-hybridized carbons (Fsp3) is 0.571. The molecule has 1 heterocycles. The van der Waals surface area contributed by atoms with Crippen LogP contribution < -0.4 is 0 Å². The molecule has 0 aliphatic carbocycles. The third-order valence-electron chi connectivity index (χ3n) is 0.841. The molecule has 0 saturated carbocycles. The predicted molar refractivity (Wildman–Crippen MR) is 48.9 cm³/mol. The van der Waals surface area contributed by atoms with E-state index in [-0.39, 0.29) is 5.78 Å². The first kappa shape index (κ1) is 10.5. The molecule has 0 N–H and O–H groups in total. The van der Waals surface area contributed by atoms with Gasteiger partial charge in [-0.25, -0.2) is 0 Å². The average Bonchev–Trinajstić information content (AvgIpc) is 2.13. The number of halogens is 1. The molecule has 0 unspecified atom stereocenters. The molecule has 0 saturated heterocycles. The Labute approximate surface area is 76.0 Å². The number of carbonyl (C=O) groups is 1. The number of ketones is 1. The van der Waals surface area contributed by atoms with E-state index in [9.17, 15) is 4.79 Å². The minimum atomic E-state index is 0.167. The Morgan fingerprint density at radius 3 is 2.00 bits per heavy atom. The lowest BCUT2D eigenvalue weighted by atomic mass is 10.6. The van der Waals surface area contributed by atoms with E-state index >= 15 is 0 Å². The first-order valence-electron chi connectivity index (χ1n) is 3.30. The number of hydrogen-bond acceptors (Lipinski definition) is 3. The zero-order valence-corrected chi connectivity index (χ0v) is 8.63. The van der Waals surface area contributed by atoms with Gasteiger partial charge < -0.3 is 9.69 Å². The molecule has 0 aromatic rings. The number of hydrogen-bond donors (Lipinski definition) is 0. The summed E-state index contributed by atoms with van der Waals surface area (Å²) >= 11 is 3.28. The maximum Gasteiger partial charge on any atom is 0.126 e. The van der Waals surface area contributed by atoms with E-state index in [2.05, 4.69) is 21.0 Å². The van der Waals surface area contributed by atoms with Crippen LogP contribution in [0.3, 0.4) is 0 Å². The topological polar surface area (TPSA) is 23.6 Å². The van der Waals surface area contributed by atoms with Crippen LogP contribution in [-0.4, -0.2) is 28.3 Å². The standard InChI is InChI=1S/C4H7BrN2.C3H6O/c1-6-2-3-7(5)4-6;1-3(2)4/h2-3H,4H2,1H3;1-2H3. The second-order valence-electron chi connectivity index (χ2n) is 2.50. The molecule has 0 atom stereocenters. The summed E-state index contributed by atoms with van der Waals surface area (Å²) in [6.45, 7) is 4.00. The van der Waals surface area contributed by atoms with Crippen molar-refractivity contribution in [3.8, 4) is 0 Å². The third kappa shape index (κ3) is 7.39. The lowest BCUT2D eigenvalue weighted by Crippen LogP contribution is -2.13. The monoisotopic (exact) mass is 220 g/mol. The maximum absolute atomic E-state index is 9.44. The van der Waals surface area contributed by atoms with Crippen molar-refractivity contribution in [2.45, 2.75) is 13.8 Å². The van der Waals surface area contributed by atoms with Crippen LogP contribution in [0.1, 0.15) is 13.8 Å². The summed E-state index contributed by atoms with van der Waals surface area (Å²) in [5.41, 5.74) is 0. The summed E-state index contributed by atoms with van der Waals surface area (Å²) in [7, 11) is 2.03. The Morgan fingerprint density at radius 1 is 1.45 bits per heavy atom. The molecule has 0 aromatic carbocycles. The van der Waals surface area contributed by atoms with E-state index in [1.807, 2.05) is 23.4 Å². The second-order valence-corrected chi connectivity index (χ2v) is 3.42. The first-order chi connectivity index (χ1) is 5.02. The summed E-state index contributed by atoms with van der Waals surface area (Å²) in [4.78, 5) is 11.5. The molecule has 64 valence electrons. The molecule has 0 aromatic heterocycles. The van der Waals surface area contributed by atoms with Gasteiger partial charge in [-0.05, 0) is 13.8 Å². The number of carbonyl (C=O) groups excluding carboxylic acids is 1. The Morgan fingerprint density at radius 2 is 1.91 bits per heavy atom. The molecule has 1 aliphatic heterocycles. The van der Waals surface area contributed by atoms with Gasteiger partial charge in [0.15, 0.2) is 0 Å². The molecule has 1 rings (SSSR count). The van der Waals surface area contributed by atoms with Crippen LogP contribution in [0, 0.1) is 0 Å². The Hall–Kier alpha value is -0.510. The minimum absolute atomic E-state index is 0.167. The van der Waals surface area contributed by atoms with Crippen LogP contribution in [0.15, 0.2) is 12.4 Å². The SMILES string of the molecule is CC(C)=O.CN1C=CN(Br)C1. The van der Waals surface area contributed by atoms with Crippen molar-refractivity contribution < 1.29 is 4.79 Å². The second kappa shape index (κ2) is 5.18. The van der Waals surface area contributed by atoms with Gasteiger partial charge in [0.25, 0.3) is 0 Å². The Balaban J connectivity index is 0.000000218. The van der Waals surface area contributed by atoms with Gasteiger partial charge in [0, 0.05) is 19.4 Å². The molecule has 0 radical (unpaired) electrons. The van der Waals surface area contributed by atoms with E-state index in [0.29, 0.717) is 0 Å². The van der Waals surface area contributed by atoms with Crippen molar-refractivity contribution in [3.05, 3.63) is 12.4 Å². The molecule has 11 heavy (non-hydrogen) atoms. The molecule has 0 amide bonds. The smallest absolute Gasteiger partial charge is 0.126 e. The molecular formula is C7H13BrN2O. The van der Waals surface area contributed by atoms with Crippen LogP contribution in [0.25, 0.3) is 0 Å². The number of nitrogens with zero attached hydrogens (tertiary/aromatic N) is 2. The van der Waals surface area contributed by atoms with Crippen molar-refractivity contribution >= 4 is 21.9 Å². The molecule has 3 nitrogen and oxygen atoms in total. The fourth-order valence-corrected chi connectivity index (χ4v) is 0.953. The summed E-state index contributed by atoms with van der Waals surface area (Å²) < 4.78 is 1.94. The summed E-state index contributed by atoms with van der Waals surface area (Å²) in [5, 5.41) is 0. The predicted octanol–water partition coefficient (Wildman–Crippen LogP) is 1.57. The van der Waals surface area contributed by atoms with E-state index in [1.165, 1.54) is 13.8 Å². The number of rotatable bonds is 0. The van der Waals surface area contributed by atoms with Gasteiger partial charge in [-0.1, -0.05) is 0 Å². The minimum Gasteiger partial charge on any atom is -0.361 e. The molecular weight excluding hydrogens is 208 g/mol. The van der Waals surface area contributed by atoms with Gasteiger partial charge >= 0.3 is 0 Å². The summed E-state index contributed by atoms with van der Waals surface area (Å²) in [6, 6.07) is 0. The van der Waals surface area contributed by atoms with Crippen molar-refractivity contribution in [2.75, 3.05) is 13.7 Å². The van der Waals surface area contributed by atoms with Crippen molar-refractivity contribution in [2.24, 2.45) is 0 Å². The van der Waals surface area contributed by atoms with Crippen molar-refractivity contribution in [1.82, 2.24) is 8.83 Å². The maximum atomic E-state index is 9.44. The van der Waals surface area contributed by atoms with Gasteiger partial charge in [0.2, 0.25) is 0 Å². The zero-order valence-electron chi connectivity index (χ0n) is 7.04. The van der Waals surface area contributed by atoms with Crippen LogP contribution in [0.4, 0.5) is 0 Å². The lowest BCUT2D eigenvalue weighted by Gasteiger charge is -2.08. The zero-order chi connectivity index (χ0) is 8.85. The van der Waals surface area contributed by atoms with Gasteiger partial charge in [-0.2, -0.15) is 0 Å². The van der Waals surface area contributed by atoms with Crippen molar-refractivity contribution in [3.63, 3.8) is 0 Å². The van der Waals surface area contributed by atoms with Crippen LogP contribution in [0.5, 0.6) is 0 Å². The highest BCUT2D eigenvalue weighted by Crippen LogP contribution is 2.06. The van der Waals surface area contributed by atoms with Crippen LogP contribution in [-0.2, 0) is 4.79 Å². The highest BCUT2D eigenvalue weighted by molar-refractivity contribution is 9.07. The first-order valence-corrected chi connectivity index (χ1v) is 4.01. The molecule has 0 bridgehead atoms. The van der Waals surface area contributed by atoms with E-state index in [4.69, 9.17) is 0 Å². The lowest BCUT2D eigenvalue weighted by molar-refractivity contribution is -0.114. The summed E-state index contributed by atoms with van der Waals surface area (Å²) in [6.07, 6.45) is 3.98. The largest absolute Gasteiger partial charge is 0.361 e. The van der Waals surface area contributed by atoms with Gasteiger partial charge in [-0.3, -0.25) is 3.93 Å². The Bertz CT molecular complexity index is 145. The number of Topliss-reactive ketones (excluding diaryl/α,β-unsaturated/α-hetero) is 1. The van der Waals surface area contributed by atoms with Crippen LogP contribution >= 0.6 is 16.1 Å².